The first-order valence-electron chi connectivity index (χ1n) is 4.85. The van der Waals surface area contributed by atoms with Crippen LogP contribution in [0.2, 0.25) is 0 Å². The molecule has 1 aromatic carbocycles. The lowest BCUT2D eigenvalue weighted by Gasteiger charge is -2.03. The maximum absolute atomic E-state index is 11.8. The molecule has 2 aromatic rings. The molecule has 1 amide bonds. The zero-order valence-corrected chi connectivity index (χ0v) is 11.7. The molecule has 2 N–H and O–H groups in total. The predicted octanol–water partition coefficient (Wildman–Crippen LogP) is 1.97. The predicted molar refractivity (Wildman–Crippen MR) is 75.3 cm³/mol. The number of hydrogen-bond acceptors (Lipinski definition) is 3. The molecule has 2 rings (SSSR count). The van der Waals surface area contributed by atoms with Crippen LogP contribution in [0, 0.1) is 3.57 Å². The van der Waals surface area contributed by atoms with E-state index in [1.54, 1.807) is 11.4 Å². The van der Waals surface area contributed by atoms with Gasteiger partial charge in [-0.2, -0.15) is 0 Å². The molecule has 0 spiro atoms. The van der Waals surface area contributed by atoms with E-state index in [0.717, 1.165) is 20.6 Å². The molecule has 4 nitrogen and oxygen atoms in total. The molecule has 0 saturated heterocycles. The van der Waals surface area contributed by atoms with Crippen molar-refractivity contribution in [2.45, 2.75) is 6.54 Å². The second kappa shape index (κ2) is 5.46. The zero-order chi connectivity index (χ0) is 12.3. The molecular formula is C11H9IN2O2S. The number of rotatable bonds is 3. The summed E-state index contributed by atoms with van der Waals surface area (Å²) in [6, 6.07) is 7.33. The monoisotopic (exact) mass is 360 g/mol. The molecule has 0 atom stereocenters. The molecule has 0 radical (unpaired) electrons. The number of amides is 1. The molecule has 88 valence electrons. The van der Waals surface area contributed by atoms with Gasteiger partial charge >= 0.3 is 4.87 Å². The Labute approximate surface area is 115 Å². The number of thiazole rings is 1. The van der Waals surface area contributed by atoms with Gasteiger partial charge in [-0.25, -0.2) is 0 Å². The Bertz CT molecular complexity index is 591. The molecule has 0 saturated carbocycles. The number of aromatic amines is 1. The molecule has 0 aliphatic carbocycles. The SMILES string of the molecule is O=C(NCc1csc(=O)[nH]1)c1cccc(I)c1. The molecule has 17 heavy (non-hydrogen) atoms. The Morgan fingerprint density at radius 2 is 2.29 bits per heavy atom. The van der Waals surface area contributed by atoms with Gasteiger partial charge < -0.3 is 10.3 Å². The number of carbonyl (C=O) groups is 1. The Kier molecular flexibility index (Phi) is 3.95. The summed E-state index contributed by atoms with van der Waals surface area (Å²) < 4.78 is 1.01. The van der Waals surface area contributed by atoms with Crippen LogP contribution < -0.4 is 10.2 Å². The normalized spacial score (nSPS) is 10.2. The standard InChI is InChI=1S/C11H9IN2O2S/c12-8-3-1-2-7(4-8)10(15)13-5-9-6-17-11(16)14-9/h1-4,6H,5H2,(H,13,15)(H,14,16). The van der Waals surface area contributed by atoms with Crippen LogP contribution in [0.25, 0.3) is 0 Å². The second-order valence-corrected chi connectivity index (χ2v) is 5.45. The average Bonchev–Trinajstić information content (AvgIpc) is 2.72. The van der Waals surface area contributed by atoms with E-state index in [4.69, 9.17) is 0 Å². The third kappa shape index (κ3) is 3.40. The Hall–Kier alpha value is -1.15. The van der Waals surface area contributed by atoms with Crippen molar-refractivity contribution >= 4 is 39.8 Å². The highest BCUT2D eigenvalue weighted by atomic mass is 127. The number of H-pyrrole nitrogens is 1. The highest BCUT2D eigenvalue weighted by molar-refractivity contribution is 14.1. The van der Waals surface area contributed by atoms with E-state index in [0.29, 0.717) is 12.1 Å². The molecule has 6 heteroatoms. The van der Waals surface area contributed by atoms with Crippen LogP contribution in [0.4, 0.5) is 0 Å². The van der Waals surface area contributed by atoms with Gasteiger partial charge in [-0.3, -0.25) is 9.59 Å². The summed E-state index contributed by atoms with van der Waals surface area (Å²) in [4.78, 5) is 25.2. The molecular weight excluding hydrogens is 351 g/mol. The van der Waals surface area contributed by atoms with E-state index in [1.165, 1.54) is 0 Å². The van der Waals surface area contributed by atoms with Crippen molar-refractivity contribution in [3.63, 3.8) is 0 Å². The smallest absolute Gasteiger partial charge is 0.304 e. The minimum Gasteiger partial charge on any atom is -0.346 e. The molecule has 0 bridgehead atoms. The topological polar surface area (TPSA) is 62.0 Å². The highest BCUT2D eigenvalue weighted by Gasteiger charge is 2.05. The molecule has 0 aliphatic heterocycles. The van der Waals surface area contributed by atoms with Crippen LogP contribution in [-0.4, -0.2) is 10.9 Å². The van der Waals surface area contributed by atoms with Crippen molar-refractivity contribution in [1.29, 1.82) is 0 Å². The van der Waals surface area contributed by atoms with Crippen LogP contribution in [0.15, 0.2) is 34.4 Å². The van der Waals surface area contributed by atoms with Crippen molar-refractivity contribution in [2.75, 3.05) is 0 Å². The van der Waals surface area contributed by atoms with E-state index in [2.05, 4.69) is 32.9 Å². The quantitative estimate of drug-likeness (QED) is 0.823. The lowest BCUT2D eigenvalue weighted by molar-refractivity contribution is 0.0950. The van der Waals surface area contributed by atoms with Crippen LogP contribution >= 0.6 is 33.9 Å². The van der Waals surface area contributed by atoms with Crippen molar-refractivity contribution < 1.29 is 4.79 Å². The number of aromatic nitrogens is 1. The number of benzene rings is 1. The minimum atomic E-state index is -0.143. The largest absolute Gasteiger partial charge is 0.346 e. The van der Waals surface area contributed by atoms with Crippen molar-refractivity contribution in [3.8, 4) is 0 Å². The van der Waals surface area contributed by atoms with E-state index >= 15 is 0 Å². The second-order valence-electron chi connectivity index (χ2n) is 3.37. The van der Waals surface area contributed by atoms with Gasteiger partial charge in [0.2, 0.25) is 0 Å². The maximum atomic E-state index is 11.8. The number of carbonyl (C=O) groups excluding carboxylic acids is 1. The molecule has 1 aromatic heterocycles. The van der Waals surface area contributed by atoms with E-state index in [-0.39, 0.29) is 10.8 Å². The Morgan fingerprint density at radius 3 is 2.94 bits per heavy atom. The molecule has 0 aliphatic rings. The summed E-state index contributed by atoms with van der Waals surface area (Å²) in [6.45, 7) is 0.336. The van der Waals surface area contributed by atoms with E-state index < -0.39 is 0 Å². The average molecular weight is 360 g/mol. The van der Waals surface area contributed by atoms with E-state index in [9.17, 15) is 9.59 Å². The third-order valence-corrected chi connectivity index (χ3v) is 3.49. The summed E-state index contributed by atoms with van der Waals surface area (Å²) in [5, 5.41) is 4.46. The Balaban J connectivity index is 2.00. The third-order valence-electron chi connectivity index (χ3n) is 2.10. The fourth-order valence-corrected chi connectivity index (χ4v) is 2.43. The zero-order valence-electron chi connectivity index (χ0n) is 8.70. The molecule has 0 unspecified atom stereocenters. The summed E-state index contributed by atoms with van der Waals surface area (Å²) in [5.74, 6) is -0.143. The Morgan fingerprint density at radius 1 is 1.47 bits per heavy atom. The molecule has 1 heterocycles. The van der Waals surface area contributed by atoms with Gasteiger partial charge in [0.05, 0.1) is 6.54 Å². The van der Waals surface area contributed by atoms with Crippen LogP contribution in [0.3, 0.4) is 0 Å². The summed E-state index contributed by atoms with van der Waals surface area (Å²) in [6.07, 6.45) is 0. The minimum absolute atomic E-state index is 0.108. The lowest BCUT2D eigenvalue weighted by Crippen LogP contribution is -2.23. The van der Waals surface area contributed by atoms with Crippen molar-refractivity contribution in [1.82, 2.24) is 10.3 Å². The fraction of sp³-hybridized carbons (Fsp3) is 0.0909. The highest BCUT2D eigenvalue weighted by Crippen LogP contribution is 2.07. The van der Waals surface area contributed by atoms with Crippen LogP contribution in [-0.2, 0) is 6.54 Å². The van der Waals surface area contributed by atoms with Gasteiger partial charge in [-0.05, 0) is 40.8 Å². The summed E-state index contributed by atoms with van der Waals surface area (Å²) >= 11 is 3.25. The van der Waals surface area contributed by atoms with E-state index in [1.807, 2.05) is 18.2 Å². The van der Waals surface area contributed by atoms with Gasteiger partial charge in [-0.1, -0.05) is 17.4 Å². The first kappa shape index (κ1) is 12.3. The number of hydrogen-bond donors (Lipinski definition) is 2. The molecule has 0 fully saturated rings. The first-order valence-corrected chi connectivity index (χ1v) is 6.81. The maximum Gasteiger partial charge on any atom is 0.304 e. The van der Waals surface area contributed by atoms with Crippen molar-refractivity contribution in [2.24, 2.45) is 0 Å². The first-order chi connectivity index (χ1) is 8.15. The summed E-state index contributed by atoms with van der Waals surface area (Å²) in [7, 11) is 0. The summed E-state index contributed by atoms with van der Waals surface area (Å²) in [5.41, 5.74) is 1.34. The lowest BCUT2D eigenvalue weighted by atomic mass is 10.2. The fourth-order valence-electron chi connectivity index (χ4n) is 1.31. The van der Waals surface area contributed by atoms with Gasteiger partial charge in [0.1, 0.15) is 0 Å². The van der Waals surface area contributed by atoms with Gasteiger partial charge in [0.15, 0.2) is 0 Å². The van der Waals surface area contributed by atoms with Gasteiger partial charge in [-0.15, -0.1) is 0 Å². The van der Waals surface area contributed by atoms with Crippen LogP contribution in [0.1, 0.15) is 16.1 Å². The van der Waals surface area contributed by atoms with Crippen molar-refractivity contribution in [3.05, 3.63) is 54.1 Å². The van der Waals surface area contributed by atoms with Crippen LogP contribution in [0.5, 0.6) is 0 Å². The van der Waals surface area contributed by atoms with Gasteiger partial charge in [0, 0.05) is 20.2 Å². The number of halogens is 1. The van der Waals surface area contributed by atoms with Gasteiger partial charge in [0.25, 0.3) is 5.91 Å². The number of nitrogens with one attached hydrogen (secondary N) is 2.